The van der Waals surface area contributed by atoms with Crippen molar-refractivity contribution in [3.05, 3.63) is 78.0 Å². The molecule has 0 unspecified atom stereocenters. The SMILES string of the molecule is COC(=O)[C@H](Cc1cccc2c(-c3nccc4c(CN5CCCC5)cccc34)cccc12)NC(=O)C1(C(F)(F)F)CCN(CC(F)(F)F)CC1. The van der Waals surface area contributed by atoms with Gasteiger partial charge in [-0.25, -0.2) is 4.79 Å². The Morgan fingerprint density at radius 3 is 2.10 bits per heavy atom. The molecule has 1 atom stereocenters. The number of methoxy groups -OCH3 is 1. The first kappa shape index (κ1) is 35.6. The van der Waals surface area contributed by atoms with Crippen LogP contribution in [-0.4, -0.2) is 84.9 Å². The molecule has 2 aliphatic rings. The Balaban J connectivity index is 1.30. The van der Waals surface area contributed by atoms with E-state index in [0.29, 0.717) is 10.9 Å². The maximum atomic E-state index is 14.5. The van der Waals surface area contributed by atoms with E-state index in [-0.39, 0.29) is 6.42 Å². The smallest absolute Gasteiger partial charge is 0.403 e. The number of halogens is 6. The summed E-state index contributed by atoms with van der Waals surface area (Å²) >= 11 is 0. The van der Waals surface area contributed by atoms with Crippen LogP contribution < -0.4 is 5.32 Å². The van der Waals surface area contributed by atoms with Gasteiger partial charge in [-0.2, -0.15) is 26.3 Å². The molecule has 1 N–H and O–H groups in total. The second-order valence-corrected chi connectivity index (χ2v) is 13.2. The van der Waals surface area contributed by atoms with Gasteiger partial charge in [0.25, 0.3) is 0 Å². The number of carbonyl (C=O) groups is 2. The number of piperidine rings is 1. The van der Waals surface area contributed by atoms with Crippen molar-refractivity contribution in [2.24, 2.45) is 5.41 Å². The zero-order valence-electron chi connectivity index (χ0n) is 27.5. The van der Waals surface area contributed by atoms with E-state index in [9.17, 15) is 35.9 Å². The number of alkyl halides is 6. The van der Waals surface area contributed by atoms with Crippen LogP contribution in [0.4, 0.5) is 26.3 Å². The van der Waals surface area contributed by atoms with Crippen LogP contribution in [0.1, 0.15) is 36.8 Å². The molecule has 266 valence electrons. The summed E-state index contributed by atoms with van der Waals surface area (Å²) in [6.07, 6.45) is -7.43. The fourth-order valence-corrected chi connectivity index (χ4v) is 7.40. The molecule has 13 heteroatoms. The first-order valence-electron chi connectivity index (χ1n) is 16.6. The lowest BCUT2D eigenvalue weighted by Gasteiger charge is -2.42. The van der Waals surface area contributed by atoms with Crippen molar-refractivity contribution >= 4 is 33.4 Å². The highest BCUT2D eigenvalue weighted by atomic mass is 19.4. The summed E-state index contributed by atoms with van der Waals surface area (Å²) in [5, 5.41) is 5.85. The lowest BCUT2D eigenvalue weighted by atomic mass is 9.76. The predicted octanol–water partition coefficient (Wildman–Crippen LogP) is 7.06. The number of nitrogens with zero attached hydrogens (tertiary/aromatic N) is 3. The number of fused-ring (bicyclic) bond motifs is 2. The highest BCUT2D eigenvalue weighted by molar-refractivity contribution is 6.05. The van der Waals surface area contributed by atoms with E-state index in [1.165, 1.54) is 18.4 Å². The minimum Gasteiger partial charge on any atom is -0.467 e. The Morgan fingerprint density at radius 2 is 1.44 bits per heavy atom. The molecule has 6 rings (SSSR count). The molecule has 2 saturated heterocycles. The summed E-state index contributed by atoms with van der Waals surface area (Å²) < 4.78 is 87.1. The molecule has 0 saturated carbocycles. The minimum absolute atomic E-state index is 0.184. The summed E-state index contributed by atoms with van der Waals surface area (Å²) in [7, 11) is 1.07. The van der Waals surface area contributed by atoms with E-state index in [2.05, 4.69) is 16.3 Å². The van der Waals surface area contributed by atoms with Gasteiger partial charge in [0.2, 0.25) is 5.91 Å². The van der Waals surface area contributed by atoms with E-state index in [4.69, 9.17) is 9.72 Å². The Kier molecular flexibility index (Phi) is 10.1. The van der Waals surface area contributed by atoms with Crippen LogP contribution in [-0.2, 0) is 27.3 Å². The van der Waals surface area contributed by atoms with Gasteiger partial charge >= 0.3 is 18.3 Å². The molecule has 2 aliphatic heterocycles. The van der Waals surface area contributed by atoms with Gasteiger partial charge in [-0.1, -0.05) is 54.6 Å². The Morgan fingerprint density at radius 1 is 0.820 bits per heavy atom. The van der Waals surface area contributed by atoms with Gasteiger partial charge in [-0.05, 0) is 85.2 Å². The molecular weight excluding hydrogens is 662 g/mol. The molecule has 2 fully saturated rings. The minimum atomic E-state index is -5.06. The first-order valence-corrected chi connectivity index (χ1v) is 16.6. The fraction of sp³-hybridized carbons (Fsp3) is 0.432. The van der Waals surface area contributed by atoms with Gasteiger partial charge in [0.15, 0.2) is 0 Å². The third-order valence-corrected chi connectivity index (χ3v) is 10.1. The van der Waals surface area contributed by atoms with Gasteiger partial charge in [0.1, 0.15) is 11.5 Å². The largest absolute Gasteiger partial charge is 0.467 e. The lowest BCUT2D eigenvalue weighted by molar-refractivity contribution is -0.236. The fourth-order valence-electron chi connectivity index (χ4n) is 7.40. The van der Waals surface area contributed by atoms with Gasteiger partial charge in [-0.3, -0.25) is 19.6 Å². The molecule has 0 aliphatic carbocycles. The number of rotatable bonds is 9. The number of ether oxygens (including phenoxy) is 1. The van der Waals surface area contributed by atoms with Crippen LogP contribution in [0.2, 0.25) is 0 Å². The average molecular weight is 701 g/mol. The molecule has 0 bridgehead atoms. The topological polar surface area (TPSA) is 74.8 Å². The van der Waals surface area contributed by atoms with Crippen LogP contribution >= 0.6 is 0 Å². The first-order chi connectivity index (χ1) is 23.8. The third kappa shape index (κ3) is 7.29. The summed E-state index contributed by atoms with van der Waals surface area (Å²) in [5.74, 6) is -2.41. The maximum Gasteiger partial charge on any atom is 0.403 e. The van der Waals surface area contributed by atoms with Gasteiger partial charge < -0.3 is 10.1 Å². The summed E-state index contributed by atoms with van der Waals surface area (Å²) in [6.45, 7) is 0.427. The van der Waals surface area contributed by atoms with Crippen molar-refractivity contribution in [1.82, 2.24) is 20.1 Å². The molecular formula is C37H38F6N4O3. The third-order valence-electron chi connectivity index (χ3n) is 10.1. The van der Waals surface area contributed by atoms with E-state index in [1.807, 2.05) is 42.5 Å². The molecule has 1 amide bonds. The highest BCUT2D eigenvalue weighted by Gasteiger charge is 2.61. The normalized spacial score (nSPS) is 18.0. The highest BCUT2D eigenvalue weighted by Crippen LogP contribution is 2.47. The molecule has 3 aromatic carbocycles. The average Bonchev–Trinajstić information content (AvgIpc) is 3.60. The second-order valence-electron chi connectivity index (χ2n) is 13.2. The number of hydrogen-bond acceptors (Lipinski definition) is 6. The molecule has 0 spiro atoms. The molecule has 7 nitrogen and oxygen atoms in total. The van der Waals surface area contributed by atoms with Gasteiger partial charge in [0.05, 0.1) is 19.3 Å². The molecule has 1 aromatic heterocycles. The zero-order valence-corrected chi connectivity index (χ0v) is 27.5. The Hall–Kier alpha value is -4.23. The standard InChI is InChI=1S/C37H38F6N4O3/c1-50-33(48)31(45-34(49)35(37(41,42)43)14-19-47(20-15-35)23-36(38,39)40)21-24-7-4-10-28-26(24)9-6-12-30(28)32-29-11-5-8-25(27(29)13-16-44-32)22-46-17-2-3-18-46/h4-13,16,31H,2-3,14-15,17-23H2,1H3,(H,45,49)/t31-/m0/s1. The summed E-state index contributed by atoms with van der Waals surface area (Å²) in [4.78, 5) is 34.5. The Labute approximate surface area is 285 Å². The van der Waals surface area contributed by atoms with Crippen molar-refractivity contribution in [2.75, 3.05) is 39.8 Å². The number of esters is 1. The van der Waals surface area contributed by atoms with E-state index in [1.54, 1.807) is 18.3 Å². The number of hydrogen-bond donors (Lipinski definition) is 1. The van der Waals surface area contributed by atoms with Crippen LogP contribution in [0.15, 0.2) is 66.9 Å². The number of pyridine rings is 1. The van der Waals surface area contributed by atoms with E-state index in [0.717, 1.165) is 59.1 Å². The number of benzene rings is 3. The molecule has 4 aromatic rings. The van der Waals surface area contributed by atoms with Gasteiger partial charge in [0, 0.05) is 30.1 Å². The number of nitrogens with one attached hydrogen (secondary N) is 1. The predicted molar refractivity (Wildman–Crippen MR) is 177 cm³/mol. The quantitative estimate of drug-likeness (QED) is 0.149. The number of carbonyl (C=O) groups excluding carboxylic acids is 2. The van der Waals surface area contributed by atoms with E-state index < -0.39 is 68.2 Å². The zero-order chi connectivity index (χ0) is 35.7. The molecule has 50 heavy (non-hydrogen) atoms. The van der Waals surface area contributed by atoms with E-state index >= 15 is 0 Å². The lowest BCUT2D eigenvalue weighted by Crippen LogP contribution is -2.59. The van der Waals surface area contributed by atoms with Crippen molar-refractivity contribution < 1.29 is 40.7 Å². The van der Waals surface area contributed by atoms with Crippen molar-refractivity contribution in [3.63, 3.8) is 0 Å². The number of likely N-dealkylation sites (tertiary alicyclic amines) is 2. The number of amides is 1. The van der Waals surface area contributed by atoms with Gasteiger partial charge in [-0.15, -0.1) is 0 Å². The molecule has 0 radical (unpaired) electrons. The monoisotopic (exact) mass is 700 g/mol. The van der Waals surface area contributed by atoms with Crippen LogP contribution in [0.25, 0.3) is 32.8 Å². The Bertz CT molecular complexity index is 1860. The van der Waals surface area contributed by atoms with Crippen molar-refractivity contribution in [1.29, 1.82) is 0 Å². The summed E-state index contributed by atoms with van der Waals surface area (Å²) in [6, 6.07) is 17.7. The van der Waals surface area contributed by atoms with Crippen molar-refractivity contribution in [2.45, 2.75) is 57.0 Å². The maximum absolute atomic E-state index is 14.5. The second kappa shape index (κ2) is 14.2. The van der Waals surface area contributed by atoms with Crippen LogP contribution in [0.3, 0.4) is 0 Å². The summed E-state index contributed by atoms with van der Waals surface area (Å²) in [5.41, 5.74) is 0.411. The van der Waals surface area contributed by atoms with Crippen molar-refractivity contribution in [3.8, 4) is 11.3 Å². The number of aromatic nitrogens is 1. The van der Waals surface area contributed by atoms with Crippen LogP contribution in [0, 0.1) is 5.41 Å². The molecule has 3 heterocycles. The van der Waals surface area contributed by atoms with Crippen LogP contribution in [0.5, 0.6) is 0 Å².